The van der Waals surface area contributed by atoms with Crippen LogP contribution in [0.1, 0.15) is 35.3 Å². The molecule has 5 nitrogen and oxygen atoms in total. The van der Waals surface area contributed by atoms with Gasteiger partial charge in [-0.3, -0.25) is 4.79 Å². The fourth-order valence-corrected chi connectivity index (χ4v) is 2.61. The number of carbonyl (C=O) groups excluding carboxylic acids is 2. The molecular weight excluding hydrogens is 388 g/mol. The summed E-state index contributed by atoms with van der Waals surface area (Å²) in [6.45, 7) is 9.12. The summed E-state index contributed by atoms with van der Waals surface area (Å²) in [5.41, 5.74) is 3.22. The standard InChI is InChI=1S/C23H28N2O3.ClH/c1-4-25(5-2)16-17-28-23(27)20-11-13-21(14-12-20)24-22(26)15-10-19-8-6-18(3)7-9-19;/h6-15H,4-5,16-17H2,1-3H3,(H,24,26);1H/p-1/b15-10+;. The number of aryl methyl sites for hydroxylation is 1. The number of carbonyl (C=O) groups is 2. The molecule has 2 aromatic carbocycles. The Bertz CT molecular complexity index is 798. The summed E-state index contributed by atoms with van der Waals surface area (Å²) < 4.78 is 5.30. The molecule has 0 bridgehead atoms. The molecule has 0 spiro atoms. The van der Waals surface area contributed by atoms with E-state index < -0.39 is 0 Å². The first-order chi connectivity index (χ1) is 13.5. The second-order valence-corrected chi connectivity index (χ2v) is 6.47. The Hall–Kier alpha value is -2.63. The number of likely N-dealkylation sites (N-methyl/N-ethyl adjacent to an activating group) is 1. The number of ether oxygens (including phenoxy) is 1. The third kappa shape index (κ3) is 8.50. The summed E-state index contributed by atoms with van der Waals surface area (Å²) in [5.74, 6) is -0.584. The van der Waals surface area contributed by atoms with Crippen molar-refractivity contribution in [2.45, 2.75) is 20.8 Å². The van der Waals surface area contributed by atoms with Crippen LogP contribution < -0.4 is 17.7 Å². The first-order valence-corrected chi connectivity index (χ1v) is 9.57. The van der Waals surface area contributed by atoms with Crippen molar-refractivity contribution in [2.24, 2.45) is 0 Å². The number of amides is 1. The summed E-state index contributed by atoms with van der Waals surface area (Å²) in [6, 6.07) is 14.6. The number of halogens is 1. The van der Waals surface area contributed by atoms with E-state index in [1.165, 1.54) is 11.6 Å². The molecule has 1 amide bonds. The van der Waals surface area contributed by atoms with Gasteiger partial charge in [0.05, 0.1) is 5.56 Å². The molecule has 0 atom stereocenters. The van der Waals surface area contributed by atoms with Gasteiger partial charge < -0.3 is 27.4 Å². The largest absolute Gasteiger partial charge is 1.00 e. The van der Waals surface area contributed by atoms with Crippen molar-refractivity contribution in [3.05, 3.63) is 71.3 Å². The SMILES string of the molecule is CCN(CC)CCOC(=O)c1ccc(NC(=O)/C=C/c2ccc(C)cc2)cc1.[Cl-]. The van der Waals surface area contributed by atoms with Gasteiger partial charge in [-0.05, 0) is 55.9 Å². The minimum atomic E-state index is -0.357. The summed E-state index contributed by atoms with van der Waals surface area (Å²) in [5, 5.41) is 2.78. The molecule has 0 heterocycles. The lowest BCUT2D eigenvalue weighted by Gasteiger charge is -2.17. The summed E-state index contributed by atoms with van der Waals surface area (Å²) in [6.07, 6.45) is 3.25. The van der Waals surface area contributed by atoms with Gasteiger partial charge in [-0.1, -0.05) is 43.7 Å². The molecule has 0 aromatic heterocycles. The molecule has 0 saturated heterocycles. The molecule has 2 rings (SSSR count). The van der Waals surface area contributed by atoms with Crippen molar-refractivity contribution in [2.75, 3.05) is 31.6 Å². The average Bonchev–Trinajstić information content (AvgIpc) is 2.71. The third-order valence-corrected chi connectivity index (χ3v) is 4.43. The maximum atomic E-state index is 12.1. The van der Waals surface area contributed by atoms with Crippen molar-refractivity contribution in [1.29, 1.82) is 0 Å². The Morgan fingerprint density at radius 1 is 1.00 bits per heavy atom. The van der Waals surface area contributed by atoms with Crippen molar-refractivity contribution in [3.8, 4) is 0 Å². The van der Waals surface area contributed by atoms with E-state index in [0.717, 1.165) is 25.2 Å². The molecule has 0 aliphatic heterocycles. The van der Waals surface area contributed by atoms with E-state index in [9.17, 15) is 9.59 Å². The number of hydrogen-bond acceptors (Lipinski definition) is 4. The van der Waals surface area contributed by atoms with Gasteiger partial charge in [-0.25, -0.2) is 4.79 Å². The number of hydrogen-bond donors (Lipinski definition) is 1. The molecule has 156 valence electrons. The molecule has 29 heavy (non-hydrogen) atoms. The van der Waals surface area contributed by atoms with Crippen LogP contribution in [0, 0.1) is 6.92 Å². The third-order valence-electron chi connectivity index (χ3n) is 4.43. The Balaban J connectivity index is 0.00000420. The van der Waals surface area contributed by atoms with Gasteiger partial charge in [-0.15, -0.1) is 0 Å². The van der Waals surface area contributed by atoms with E-state index in [4.69, 9.17) is 4.74 Å². The highest BCUT2D eigenvalue weighted by Gasteiger charge is 2.08. The summed E-state index contributed by atoms with van der Waals surface area (Å²) in [4.78, 5) is 26.3. The minimum absolute atomic E-state index is 0. The van der Waals surface area contributed by atoms with E-state index in [1.54, 1.807) is 30.3 Å². The Kier molecular flexibility index (Phi) is 10.7. The normalized spacial score (nSPS) is 10.6. The van der Waals surface area contributed by atoms with Crippen molar-refractivity contribution in [3.63, 3.8) is 0 Å². The molecule has 6 heteroatoms. The maximum Gasteiger partial charge on any atom is 0.338 e. The molecule has 0 saturated carbocycles. The van der Waals surface area contributed by atoms with Crippen LogP contribution in [0.5, 0.6) is 0 Å². The van der Waals surface area contributed by atoms with E-state index in [2.05, 4.69) is 24.1 Å². The fourth-order valence-electron chi connectivity index (χ4n) is 2.61. The van der Waals surface area contributed by atoms with Crippen LogP contribution in [0.25, 0.3) is 6.08 Å². The van der Waals surface area contributed by atoms with E-state index in [0.29, 0.717) is 17.9 Å². The first kappa shape index (κ1) is 24.4. The van der Waals surface area contributed by atoms with Gasteiger partial charge in [0, 0.05) is 18.3 Å². The van der Waals surface area contributed by atoms with Gasteiger partial charge in [0.15, 0.2) is 0 Å². The number of esters is 1. The first-order valence-electron chi connectivity index (χ1n) is 9.57. The second-order valence-electron chi connectivity index (χ2n) is 6.47. The van der Waals surface area contributed by atoms with Crippen molar-refractivity contribution < 1.29 is 26.7 Å². The molecule has 0 aliphatic rings. The zero-order chi connectivity index (χ0) is 20.4. The number of rotatable bonds is 9. The molecular formula is C23H28ClN2O3-. The smallest absolute Gasteiger partial charge is 0.338 e. The zero-order valence-electron chi connectivity index (χ0n) is 17.2. The van der Waals surface area contributed by atoms with Gasteiger partial charge >= 0.3 is 5.97 Å². The van der Waals surface area contributed by atoms with Gasteiger partial charge in [0.2, 0.25) is 5.91 Å². The highest BCUT2D eigenvalue weighted by atomic mass is 35.5. The average molecular weight is 416 g/mol. The van der Waals surface area contributed by atoms with E-state index >= 15 is 0 Å². The summed E-state index contributed by atoms with van der Waals surface area (Å²) in [7, 11) is 0. The van der Waals surface area contributed by atoms with Crippen molar-refractivity contribution >= 4 is 23.6 Å². The predicted octanol–water partition coefficient (Wildman–Crippen LogP) is 1.15. The van der Waals surface area contributed by atoms with Gasteiger partial charge in [-0.2, -0.15) is 0 Å². The Morgan fingerprint density at radius 3 is 2.21 bits per heavy atom. The second kappa shape index (κ2) is 12.8. The monoisotopic (exact) mass is 415 g/mol. The lowest BCUT2D eigenvalue weighted by molar-refractivity contribution is -0.111. The van der Waals surface area contributed by atoms with Crippen LogP contribution >= 0.6 is 0 Å². The topological polar surface area (TPSA) is 58.6 Å². The van der Waals surface area contributed by atoms with Crippen LogP contribution in [-0.2, 0) is 9.53 Å². The molecule has 1 N–H and O–H groups in total. The lowest BCUT2D eigenvalue weighted by Crippen LogP contribution is -3.00. The molecule has 0 unspecified atom stereocenters. The maximum absolute atomic E-state index is 12.1. The minimum Gasteiger partial charge on any atom is -1.00 e. The Labute approximate surface area is 179 Å². The molecule has 0 aliphatic carbocycles. The molecule has 0 fully saturated rings. The molecule has 2 aromatic rings. The quantitative estimate of drug-likeness (QED) is 0.493. The lowest BCUT2D eigenvalue weighted by atomic mass is 10.1. The van der Waals surface area contributed by atoms with E-state index in [-0.39, 0.29) is 24.3 Å². The number of benzene rings is 2. The van der Waals surface area contributed by atoms with E-state index in [1.807, 2.05) is 31.2 Å². The van der Waals surface area contributed by atoms with Crippen LogP contribution in [0.3, 0.4) is 0 Å². The van der Waals surface area contributed by atoms with Crippen LogP contribution in [-0.4, -0.2) is 43.0 Å². The van der Waals surface area contributed by atoms with Gasteiger partial charge in [0.1, 0.15) is 6.61 Å². The van der Waals surface area contributed by atoms with Crippen LogP contribution in [0.15, 0.2) is 54.6 Å². The highest BCUT2D eigenvalue weighted by molar-refractivity contribution is 6.02. The Morgan fingerprint density at radius 2 is 1.62 bits per heavy atom. The summed E-state index contributed by atoms with van der Waals surface area (Å²) >= 11 is 0. The number of nitrogens with one attached hydrogen (secondary N) is 1. The highest BCUT2D eigenvalue weighted by Crippen LogP contribution is 2.11. The van der Waals surface area contributed by atoms with Crippen LogP contribution in [0.2, 0.25) is 0 Å². The molecule has 0 radical (unpaired) electrons. The van der Waals surface area contributed by atoms with Crippen LogP contribution in [0.4, 0.5) is 5.69 Å². The predicted molar refractivity (Wildman–Crippen MR) is 113 cm³/mol. The van der Waals surface area contributed by atoms with Crippen molar-refractivity contribution in [1.82, 2.24) is 4.90 Å². The van der Waals surface area contributed by atoms with Gasteiger partial charge in [0.25, 0.3) is 0 Å². The number of nitrogens with zero attached hydrogens (tertiary/aromatic N) is 1. The zero-order valence-corrected chi connectivity index (χ0v) is 17.9. The fraction of sp³-hybridized carbons (Fsp3) is 0.304. The number of anilines is 1.